The van der Waals surface area contributed by atoms with Crippen molar-refractivity contribution in [2.45, 2.75) is 33.2 Å². The van der Waals surface area contributed by atoms with Crippen molar-refractivity contribution in [3.05, 3.63) is 35.9 Å². The van der Waals surface area contributed by atoms with Gasteiger partial charge in [0.05, 0.1) is 6.61 Å². The first kappa shape index (κ1) is 19.8. The van der Waals surface area contributed by atoms with Crippen molar-refractivity contribution in [2.24, 2.45) is 5.41 Å². The third-order valence-electron chi connectivity index (χ3n) is 4.69. The Morgan fingerprint density at radius 2 is 1.77 bits per heavy atom. The van der Waals surface area contributed by atoms with Gasteiger partial charge in [-0.1, -0.05) is 37.3 Å². The zero-order valence-electron chi connectivity index (χ0n) is 15.4. The van der Waals surface area contributed by atoms with Gasteiger partial charge >= 0.3 is 12.0 Å². The van der Waals surface area contributed by atoms with Crippen molar-refractivity contribution in [1.29, 1.82) is 0 Å². The molecule has 1 aliphatic rings. The van der Waals surface area contributed by atoms with Gasteiger partial charge in [-0.05, 0) is 25.3 Å². The minimum Gasteiger partial charge on any atom is -0.465 e. The standard InChI is InChI=1S/C19H27N3O4/c1-3-26-16(23)14-21-18(25)22-11-9-19(2,10-12-22)17(24)20-13-15-7-5-4-6-8-15/h4-8H,3,9-14H2,1-2H3,(H,20,24)(H,21,25). The van der Waals surface area contributed by atoms with E-state index in [-0.39, 0.29) is 25.1 Å². The van der Waals surface area contributed by atoms with E-state index in [0.29, 0.717) is 32.5 Å². The van der Waals surface area contributed by atoms with Crippen molar-refractivity contribution >= 4 is 17.9 Å². The maximum absolute atomic E-state index is 12.6. The molecule has 0 aliphatic carbocycles. The van der Waals surface area contributed by atoms with E-state index in [1.165, 1.54) is 0 Å². The van der Waals surface area contributed by atoms with Gasteiger partial charge in [0.1, 0.15) is 6.54 Å². The Hall–Kier alpha value is -2.57. The summed E-state index contributed by atoms with van der Waals surface area (Å²) in [6.07, 6.45) is 1.17. The molecule has 26 heavy (non-hydrogen) atoms. The zero-order valence-corrected chi connectivity index (χ0v) is 15.4. The zero-order chi connectivity index (χ0) is 19.0. The summed E-state index contributed by atoms with van der Waals surface area (Å²) in [5.74, 6) is -0.448. The van der Waals surface area contributed by atoms with Crippen molar-refractivity contribution in [1.82, 2.24) is 15.5 Å². The minimum atomic E-state index is -0.493. The van der Waals surface area contributed by atoms with Crippen LogP contribution in [0.3, 0.4) is 0 Å². The molecule has 0 spiro atoms. The van der Waals surface area contributed by atoms with Crippen LogP contribution in [0.1, 0.15) is 32.3 Å². The van der Waals surface area contributed by atoms with Crippen molar-refractivity contribution < 1.29 is 19.1 Å². The topological polar surface area (TPSA) is 87.7 Å². The van der Waals surface area contributed by atoms with E-state index in [2.05, 4.69) is 10.6 Å². The number of urea groups is 1. The van der Waals surface area contributed by atoms with Crippen LogP contribution in [-0.4, -0.2) is 49.0 Å². The quantitative estimate of drug-likeness (QED) is 0.755. The van der Waals surface area contributed by atoms with Crippen LogP contribution in [-0.2, 0) is 20.9 Å². The van der Waals surface area contributed by atoms with Crippen LogP contribution < -0.4 is 10.6 Å². The summed E-state index contributed by atoms with van der Waals surface area (Å²) in [6, 6.07) is 9.46. The van der Waals surface area contributed by atoms with E-state index in [0.717, 1.165) is 5.56 Å². The second-order valence-electron chi connectivity index (χ2n) is 6.68. The molecule has 0 aromatic heterocycles. The Morgan fingerprint density at radius 1 is 1.12 bits per heavy atom. The lowest BCUT2D eigenvalue weighted by Gasteiger charge is -2.38. The Morgan fingerprint density at radius 3 is 2.38 bits per heavy atom. The summed E-state index contributed by atoms with van der Waals surface area (Å²) < 4.78 is 4.78. The van der Waals surface area contributed by atoms with E-state index in [1.54, 1.807) is 11.8 Å². The van der Waals surface area contributed by atoms with Crippen LogP contribution in [0.15, 0.2) is 30.3 Å². The van der Waals surface area contributed by atoms with Crippen molar-refractivity contribution in [3.63, 3.8) is 0 Å². The second-order valence-corrected chi connectivity index (χ2v) is 6.68. The van der Waals surface area contributed by atoms with Gasteiger partial charge in [-0.25, -0.2) is 4.79 Å². The number of piperidine rings is 1. The van der Waals surface area contributed by atoms with E-state index in [9.17, 15) is 14.4 Å². The molecule has 1 aliphatic heterocycles. The van der Waals surface area contributed by atoms with E-state index >= 15 is 0 Å². The smallest absolute Gasteiger partial charge is 0.325 e. The van der Waals surface area contributed by atoms with Crippen molar-refractivity contribution in [3.8, 4) is 0 Å². The van der Waals surface area contributed by atoms with Crippen LogP contribution >= 0.6 is 0 Å². The number of hydrogen-bond acceptors (Lipinski definition) is 4. The molecule has 3 amide bonds. The first-order valence-corrected chi connectivity index (χ1v) is 8.95. The van der Waals surface area contributed by atoms with E-state index < -0.39 is 11.4 Å². The minimum absolute atomic E-state index is 0.00735. The SMILES string of the molecule is CCOC(=O)CNC(=O)N1CCC(C)(C(=O)NCc2ccccc2)CC1. The molecule has 0 radical (unpaired) electrons. The fourth-order valence-electron chi connectivity index (χ4n) is 2.89. The van der Waals surface area contributed by atoms with Gasteiger partial charge in [0.2, 0.25) is 5.91 Å². The predicted molar refractivity (Wildman–Crippen MR) is 97.2 cm³/mol. The number of benzene rings is 1. The number of amides is 3. The molecule has 0 unspecified atom stereocenters. The van der Waals surface area contributed by atoms with Gasteiger partial charge in [-0.15, -0.1) is 0 Å². The summed E-state index contributed by atoms with van der Waals surface area (Å²) in [5.41, 5.74) is 0.562. The first-order valence-electron chi connectivity index (χ1n) is 8.95. The number of carbonyl (C=O) groups is 3. The summed E-state index contributed by atoms with van der Waals surface area (Å²) in [6.45, 7) is 5.24. The predicted octanol–water partition coefficient (Wildman–Crippen LogP) is 1.68. The van der Waals surface area contributed by atoms with Gasteiger partial charge in [0.25, 0.3) is 0 Å². The molecule has 1 saturated heterocycles. The molecule has 1 aromatic rings. The Kier molecular flexibility index (Phi) is 7.00. The van der Waals surface area contributed by atoms with Crippen LogP contribution in [0.2, 0.25) is 0 Å². The number of carbonyl (C=O) groups excluding carboxylic acids is 3. The highest BCUT2D eigenvalue weighted by Gasteiger charge is 2.37. The molecule has 1 fully saturated rings. The van der Waals surface area contributed by atoms with Gasteiger partial charge in [0, 0.05) is 25.0 Å². The molecule has 2 rings (SSSR count). The summed E-state index contributed by atoms with van der Waals surface area (Å²) >= 11 is 0. The lowest BCUT2D eigenvalue weighted by Crippen LogP contribution is -2.51. The first-order chi connectivity index (χ1) is 12.4. The molecule has 2 N–H and O–H groups in total. The fraction of sp³-hybridized carbons (Fsp3) is 0.526. The molecule has 0 atom stereocenters. The molecule has 0 saturated carbocycles. The summed E-state index contributed by atoms with van der Waals surface area (Å²) in [5, 5.41) is 5.54. The van der Waals surface area contributed by atoms with Crippen LogP contribution in [0.25, 0.3) is 0 Å². The highest BCUT2D eigenvalue weighted by Crippen LogP contribution is 2.31. The third-order valence-corrected chi connectivity index (χ3v) is 4.69. The number of hydrogen-bond donors (Lipinski definition) is 2. The maximum atomic E-state index is 12.6. The molecule has 0 bridgehead atoms. The van der Waals surface area contributed by atoms with Gasteiger partial charge in [-0.2, -0.15) is 0 Å². The number of nitrogens with zero attached hydrogens (tertiary/aromatic N) is 1. The average Bonchev–Trinajstić information content (AvgIpc) is 2.66. The molecular formula is C19H27N3O4. The second kappa shape index (κ2) is 9.22. The number of rotatable bonds is 6. The van der Waals surface area contributed by atoms with Crippen LogP contribution in [0.4, 0.5) is 4.79 Å². The fourth-order valence-corrected chi connectivity index (χ4v) is 2.89. The van der Waals surface area contributed by atoms with Crippen LogP contribution in [0.5, 0.6) is 0 Å². The van der Waals surface area contributed by atoms with E-state index in [4.69, 9.17) is 4.74 Å². The lowest BCUT2D eigenvalue weighted by molar-refractivity contribution is -0.141. The molecule has 7 nitrogen and oxygen atoms in total. The molecule has 142 valence electrons. The number of nitrogens with one attached hydrogen (secondary N) is 2. The van der Waals surface area contributed by atoms with Gasteiger partial charge in [0.15, 0.2) is 0 Å². The molecule has 1 heterocycles. The molecule has 1 aromatic carbocycles. The normalized spacial score (nSPS) is 15.8. The number of esters is 1. The number of likely N-dealkylation sites (tertiary alicyclic amines) is 1. The van der Waals surface area contributed by atoms with Gasteiger partial charge in [-0.3, -0.25) is 9.59 Å². The number of ether oxygens (including phenoxy) is 1. The molecule has 7 heteroatoms. The molecular weight excluding hydrogens is 334 g/mol. The summed E-state index contributed by atoms with van der Waals surface area (Å²) in [4.78, 5) is 37.6. The average molecular weight is 361 g/mol. The highest BCUT2D eigenvalue weighted by atomic mass is 16.5. The van der Waals surface area contributed by atoms with E-state index in [1.807, 2.05) is 37.3 Å². The Balaban J connectivity index is 1.77. The Bertz CT molecular complexity index is 625. The van der Waals surface area contributed by atoms with Crippen molar-refractivity contribution in [2.75, 3.05) is 26.2 Å². The Labute approximate surface area is 154 Å². The monoisotopic (exact) mass is 361 g/mol. The summed E-state index contributed by atoms with van der Waals surface area (Å²) in [7, 11) is 0. The van der Waals surface area contributed by atoms with Crippen LogP contribution in [0, 0.1) is 5.41 Å². The largest absolute Gasteiger partial charge is 0.465 e. The third kappa shape index (κ3) is 5.47. The highest BCUT2D eigenvalue weighted by molar-refractivity contribution is 5.83. The maximum Gasteiger partial charge on any atom is 0.325 e. The van der Waals surface area contributed by atoms with Gasteiger partial charge < -0.3 is 20.3 Å². The lowest BCUT2D eigenvalue weighted by atomic mass is 9.79.